The first-order valence-corrected chi connectivity index (χ1v) is 9.56. The Morgan fingerprint density at radius 3 is 2.48 bits per heavy atom. The van der Waals surface area contributed by atoms with Gasteiger partial charge in [0.25, 0.3) is 0 Å². The van der Waals surface area contributed by atoms with Crippen molar-refractivity contribution in [2.75, 3.05) is 7.11 Å². The predicted molar refractivity (Wildman–Crippen MR) is 113 cm³/mol. The summed E-state index contributed by atoms with van der Waals surface area (Å²) in [5.74, 6) is 1.59. The number of aromatic nitrogens is 5. The Hall–Kier alpha value is -3.67. The summed E-state index contributed by atoms with van der Waals surface area (Å²) in [7, 11) is 1.69. The molecule has 5 aromatic rings. The minimum atomic E-state index is 0.690. The normalized spacial score (nSPS) is 11.4. The largest absolute Gasteiger partial charge is 0.495 e. The molecule has 6 heteroatoms. The van der Waals surface area contributed by atoms with Crippen molar-refractivity contribution in [2.45, 2.75) is 20.3 Å². The van der Waals surface area contributed by atoms with Gasteiger partial charge in [0.2, 0.25) is 0 Å². The molecule has 144 valence electrons. The van der Waals surface area contributed by atoms with Crippen LogP contribution in [0.25, 0.3) is 22.4 Å². The summed E-state index contributed by atoms with van der Waals surface area (Å²) in [6.07, 6.45) is 2.43. The molecule has 3 heterocycles. The summed E-state index contributed by atoms with van der Waals surface area (Å²) < 4.78 is 9.50. The zero-order chi connectivity index (χ0) is 20.0. The van der Waals surface area contributed by atoms with E-state index < -0.39 is 0 Å². The van der Waals surface area contributed by atoms with Crippen LogP contribution < -0.4 is 4.74 Å². The van der Waals surface area contributed by atoms with Crippen molar-refractivity contribution in [1.82, 2.24) is 24.1 Å². The third-order valence-electron chi connectivity index (χ3n) is 5.41. The van der Waals surface area contributed by atoms with Crippen LogP contribution >= 0.6 is 0 Å². The van der Waals surface area contributed by atoms with E-state index in [1.165, 1.54) is 5.56 Å². The zero-order valence-corrected chi connectivity index (χ0v) is 16.6. The van der Waals surface area contributed by atoms with Gasteiger partial charge in [-0.3, -0.25) is 4.57 Å². The molecule has 0 fully saturated rings. The smallest absolute Gasteiger partial charge is 0.168 e. The molecule has 0 saturated heterocycles. The Bertz CT molecular complexity index is 1330. The average Bonchev–Trinajstić information content (AvgIpc) is 3.27. The lowest BCUT2D eigenvalue weighted by atomic mass is 10.1. The number of fused-ring (bicyclic) bond motifs is 3. The van der Waals surface area contributed by atoms with E-state index in [1.807, 2.05) is 42.5 Å². The number of ether oxygens (including phenoxy) is 1. The number of rotatable bonds is 4. The monoisotopic (exact) mass is 383 g/mol. The maximum absolute atomic E-state index is 5.59. The van der Waals surface area contributed by atoms with Crippen molar-refractivity contribution in [1.29, 1.82) is 0 Å². The number of hydrogen-bond acceptors (Lipinski definition) is 4. The van der Waals surface area contributed by atoms with Crippen LogP contribution in [0.15, 0.2) is 60.9 Å². The van der Waals surface area contributed by atoms with Crippen molar-refractivity contribution in [3.63, 3.8) is 0 Å². The van der Waals surface area contributed by atoms with Gasteiger partial charge in [-0.05, 0) is 37.1 Å². The fourth-order valence-corrected chi connectivity index (χ4v) is 3.87. The van der Waals surface area contributed by atoms with Gasteiger partial charge in [0.05, 0.1) is 18.2 Å². The van der Waals surface area contributed by atoms with E-state index in [4.69, 9.17) is 14.7 Å². The van der Waals surface area contributed by atoms with E-state index in [0.29, 0.717) is 6.42 Å². The molecule has 0 spiro atoms. The van der Waals surface area contributed by atoms with E-state index in [-0.39, 0.29) is 0 Å². The van der Waals surface area contributed by atoms with Gasteiger partial charge >= 0.3 is 0 Å². The summed E-state index contributed by atoms with van der Waals surface area (Å²) in [6, 6.07) is 18.2. The molecular formula is C23H21N5O. The SMILES string of the molecule is COc1ccccc1-n1c(C)c(C)c2c1ncn1nc(Cc3ccccc3)nc21. The molecule has 0 unspecified atom stereocenters. The highest BCUT2D eigenvalue weighted by atomic mass is 16.5. The summed E-state index contributed by atoms with van der Waals surface area (Å²) in [6.45, 7) is 4.21. The second-order valence-electron chi connectivity index (χ2n) is 7.12. The van der Waals surface area contributed by atoms with E-state index in [0.717, 1.165) is 45.2 Å². The molecule has 0 aliphatic rings. The van der Waals surface area contributed by atoms with Gasteiger partial charge in [0, 0.05) is 12.1 Å². The Morgan fingerprint density at radius 2 is 1.69 bits per heavy atom. The molecule has 6 nitrogen and oxygen atoms in total. The molecule has 0 aliphatic carbocycles. The summed E-state index contributed by atoms with van der Waals surface area (Å²) in [4.78, 5) is 9.59. The van der Waals surface area contributed by atoms with Crippen molar-refractivity contribution >= 4 is 16.7 Å². The molecule has 0 amide bonds. The standard InChI is InChI=1S/C23H21N5O/c1-15-16(2)28(18-11-7-8-12-19(18)29-3)22-21(15)23-25-20(26-27(23)14-24-22)13-17-9-5-4-6-10-17/h4-12,14H,13H2,1-3H3. The number of aryl methyl sites for hydroxylation is 1. The zero-order valence-electron chi connectivity index (χ0n) is 16.6. The topological polar surface area (TPSA) is 57.2 Å². The molecule has 0 aliphatic heterocycles. The number of methoxy groups -OCH3 is 1. The average molecular weight is 383 g/mol. The number of benzene rings is 2. The Balaban J connectivity index is 1.72. The number of hydrogen-bond donors (Lipinski definition) is 0. The van der Waals surface area contributed by atoms with Gasteiger partial charge in [-0.1, -0.05) is 42.5 Å². The lowest BCUT2D eigenvalue weighted by Crippen LogP contribution is -2.01. The van der Waals surface area contributed by atoms with E-state index in [2.05, 4.69) is 35.6 Å². The second kappa shape index (κ2) is 6.74. The molecule has 2 aromatic carbocycles. The van der Waals surface area contributed by atoms with Gasteiger partial charge in [-0.25, -0.2) is 14.5 Å². The van der Waals surface area contributed by atoms with Crippen LogP contribution in [0.2, 0.25) is 0 Å². The van der Waals surface area contributed by atoms with Crippen molar-refractivity contribution in [2.24, 2.45) is 0 Å². The second-order valence-corrected chi connectivity index (χ2v) is 7.12. The van der Waals surface area contributed by atoms with Crippen LogP contribution in [-0.4, -0.2) is 31.3 Å². The van der Waals surface area contributed by atoms with Gasteiger partial charge < -0.3 is 4.74 Å². The highest BCUT2D eigenvalue weighted by molar-refractivity contribution is 5.95. The van der Waals surface area contributed by atoms with Crippen LogP contribution in [0.3, 0.4) is 0 Å². The Morgan fingerprint density at radius 1 is 0.931 bits per heavy atom. The lowest BCUT2D eigenvalue weighted by Gasteiger charge is -2.12. The minimum absolute atomic E-state index is 0.690. The summed E-state index contributed by atoms with van der Waals surface area (Å²) >= 11 is 0. The third kappa shape index (κ3) is 2.76. The summed E-state index contributed by atoms with van der Waals surface area (Å²) in [5, 5.41) is 5.67. The van der Waals surface area contributed by atoms with E-state index >= 15 is 0 Å². The molecule has 0 atom stereocenters. The van der Waals surface area contributed by atoms with Crippen molar-refractivity contribution in [3.8, 4) is 11.4 Å². The fraction of sp³-hybridized carbons (Fsp3) is 0.174. The highest BCUT2D eigenvalue weighted by Gasteiger charge is 2.20. The Labute approximate surface area is 168 Å². The van der Waals surface area contributed by atoms with Crippen LogP contribution in [-0.2, 0) is 6.42 Å². The minimum Gasteiger partial charge on any atom is -0.495 e. The van der Waals surface area contributed by atoms with E-state index in [9.17, 15) is 0 Å². The van der Waals surface area contributed by atoms with Gasteiger partial charge in [0.15, 0.2) is 17.1 Å². The van der Waals surface area contributed by atoms with E-state index in [1.54, 1.807) is 18.0 Å². The molecule has 0 saturated carbocycles. The molecule has 0 N–H and O–H groups in total. The number of para-hydroxylation sites is 2. The molecule has 29 heavy (non-hydrogen) atoms. The maximum atomic E-state index is 5.59. The number of nitrogens with zero attached hydrogens (tertiary/aromatic N) is 5. The lowest BCUT2D eigenvalue weighted by molar-refractivity contribution is 0.413. The van der Waals surface area contributed by atoms with Crippen LogP contribution in [0, 0.1) is 13.8 Å². The van der Waals surface area contributed by atoms with Gasteiger partial charge in [0.1, 0.15) is 12.1 Å². The molecule has 5 rings (SSSR count). The molecular weight excluding hydrogens is 362 g/mol. The first-order chi connectivity index (χ1) is 14.2. The first-order valence-electron chi connectivity index (χ1n) is 9.56. The Kier molecular flexibility index (Phi) is 4.05. The molecule has 0 bridgehead atoms. The van der Waals surface area contributed by atoms with Crippen LogP contribution in [0.1, 0.15) is 22.6 Å². The fourth-order valence-electron chi connectivity index (χ4n) is 3.87. The summed E-state index contributed by atoms with van der Waals surface area (Å²) in [5.41, 5.74) is 6.09. The molecule has 0 radical (unpaired) electrons. The maximum Gasteiger partial charge on any atom is 0.168 e. The van der Waals surface area contributed by atoms with Crippen LogP contribution in [0.4, 0.5) is 0 Å². The quantitative estimate of drug-likeness (QED) is 0.465. The molecule has 3 aromatic heterocycles. The van der Waals surface area contributed by atoms with Crippen molar-refractivity contribution in [3.05, 3.63) is 83.6 Å². The van der Waals surface area contributed by atoms with Gasteiger partial charge in [-0.15, -0.1) is 5.10 Å². The van der Waals surface area contributed by atoms with Crippen LogP contribution in [0.5, 0.6) is 5.75 Å². The highest BCUT2D eigenvalue weighted by Crippen LogP contribution is 2.33. The third-order valence-corrected chi connectivity index (χ3v) is 5.41. The first kappa shape index (κ1) is 17.4. The van der Waals surface area contributed by atoms with Gasteiger partial charge in [-0.2, -0.15) is 0 Å². The predicted octanol–water partition coefficient (Wildman–Crippen LogP) is 4.28. The van der Waals surface area contributed by atoms with Crippen molar-refractivity contribution < 1.29 is 4.74 Å².